The third-order valence-corrected chi connectivity index (χ3v) is 7.71. The molecule has 0 aliphatic heterocycles. The van der Waals surface area contributed by atoms with Crippen LogP contribution >= 0.6 is 11.3 Å². The average Bonchev–Trinajstić information content (AvgIpc) is 3.31. The molecule has 2 N–H and O–H groups in total. The van der Waals surface area contributed by atoms with Gasteiger partial charge in [0.1, 0.15) is 4.21 Å². The second-order valence-electron chi connectivity index (χ2n) is 6.87. The van der Waals surface area contributed by atoms with Gasteiger partial charge in [0.2, 0.25) is 5.91 Å². The Morgan fingerprint density at radius 2 is 1.68 bits per heavy atom. The number of sulfonamides is 1. The summed E-state index contributed by atoms with van der Waals surface area (Å²) in [5.74, 6) is 0.0169. The lowest BCUT2D eigenvalue weighted by atomic mass is 9.94. The summed E-state index contributed by atoms with van der Waals surface area (Å²) in [6.07, 6.45) is 1.60. The Kier molecular flexibility index (Phi) is 4.95. The van der Waals surface area contributed by atoms with Gasteiger partial charge >= 0.3 is 0 Å². The van der Waals surface area contributed by atoms with Crippen molar-refractivity contribution in [3.05, 3.63) is 83.2 Å². The molecule has 4 rings (SSSR count). The molecule has 0 atom stereocenters. The van der Waals surface area contributed by atoms with E-state index in [0.29, 0.717) is 12.2 Å². The first-order valence-electron chi connectivity index (χ1n) is 8.99. The number of nitrogens with one attached hydrogen (secondary N) is 2. The minimum atomic E-state index is -3.57. The minimum Gasteiger partial charge on any atom is -0.351 e. The maximum absolute atomic E-state index is 12.7. The van der Waals surface area contributed by atoms with Gasteiger partial charge in [0.25, 0.3) is 10.0 Å². The molecule has 3 aromatic rings. The molecule has 1 heterocycles. The predicted octanol–water partition coefficient (Wildman–Crippen LogP) is 3.90. The third-order valence-electron chi connectivity index (χ3n) is 4.93. The van der Waals surface area contributed by atoms with E-state index in [9.17, 15) is 13.2 Å². The monoisotopic (exact) mass is 412 g/mol. The van der Waals surface area contributed by atoms with E-state index in [-0.39, 0.29) is 10.1 Å². The molecule has 0 saturated heterocycles. The Morgan fingerprint density at radius 1 is 0.964 bits per heavy atom. The van der Waals surface area contributed by atoms with E-state index in [1.165, 1.54) is 11.3 Å². The molecule has 7 heteroatoms. The van der Waals surface area contributed by atoms with Gasteiger partial charge in [-0.3, -0.25) is 9.52 Å². The van der Waals surface area contributed by atoms with Crippen molar-refractivity contribution in [3.8, 4) is 0 Å². The highest BCUT2D eigenvalue weighted by Crippen LogP contribution is 2.48. The van der Waals surface area contributed by atoms with Gasteiger partial charge < -0.3 is 5.32 Å². The molecule has 0 radical (unpaired) electrons. The first-order chi connectivity index (χ1) is 13.5. The highest BCUT2D eigenvalue weighted by atomic mass is 32.2. The maximum Gasteiger partial charge on any atom is 0.271 e. The molecule has 1 aliphatic rings. The zero-order valence-electron chi connectivity index (χ0n) is 15.1. The van der Waals surface area contributed by atoms with Crippen molar-refractivity contribution in [3.63, 3.8) is 0 Å². The first kappa shape index (κ1) is 18.7. The van der Waals surface area contributed by atoms with E-state index in [1.807, 2.05) is 42.5 Å². The van der Waals surface area contributed by atoms with Crippen LogP contribution in [0.1, 0.15) is 24.0 Å². The molecule has 5 nitrogen and oxygen atoms in total. The van der Waals surface area contributed by atoms with Crippen LogP contribution in [0.4, 0.5) is 5.69 Å². The standard InChI is InChI=1S/C21H20N2O3S2/c24-20(22-15-16-5-2-1-3-6-16)21(12-13-21)17-8-10-18(11-9-17)23-28(25,26)19-7-4-14-27-19/h1-11,14,23H,12-13,15H2,(H,22,24). The van der Waals surface area contributed by atoms with Crippen molar-refractivity contribution in [2.75, 3.05) is 4.72 Å². The van der Waals surface area contributed by atoms with Crippen LogP contribution in [0.5, 0.6) is 0 Å². The number of hydrogen-bond donors (Lipinski definition) is 2. The Morgan fingerprint density at radius 3 is 2.29 bits per heavy atom. The molecule has 1 amide bonds. The number of anilines is 1. The summed E-state index contributed by atoms with van der Waals surface area (Å²) in [7, 11) is -3.57. The van der Waals surface area contributed by atoms with Crippen molar-refractivity contribution in [1.82, 2.24) is 5.32 Å². The lowest BCUT2D eigenvalue weighted by molar-refractivity contribution is -0.123. The minimum absolute atomic E-state index is 0.0169. The quantitative estimate of drug-likeness (QED) is 0.618. The van der Waals surface area contributed by atoms with Gasteiger partial charge in [0, 0.05) is 12.2 Å². The van der Waals surface area contributed by atoms with Crippen LogP contribution in [0.2, 0.25) is 0 Å². The van der Waals surface area contributed by atoms with Gasteiger partial charge in [-0.2, -0.15) is 0 Å². The van der Waals surface area contributed by atoms with Gasteiger partial charge in [0.05, 0.1) is 5.41 Å². The van der Waals surface area contributed by atoms with E-state index in [1.54, 1.807) is 29.6 Å². The summed E-state index contributed by atoms with van der Waals surface area (Å²) < 4.78 is 27.5. The normalized spacial score (nSPS) is 15.0. The number of carbonyl (C=O) groups excluding carboxylic acids is 1. The SMILES string of the molecule is O=C(NCc1ccccc1)C1(c2ccc(NS(=O)(=O)c3cccs3)cc2)CC1. The van der Waals surface area contributed by atoms with Gasteiger partial charge in [-0.25, -0.2) is 8.42 Å². The number of carbonyl (C=O) groups is 1. The summed E-state index contributed by atoms with van der Waals surface area (Å²) in [5.41, 5.74) is 1.96. The molecular weight excluding hydrogens is 392 g/mol. The molecule has 2 aromatic carbocycles. The van der Waals surface area contributed by atoms with Gasteiger partial charge in [0.15, 0.2) is 0 Å². The summed E-state index contributed by atoms with van der Waals surface area (Å²) in [5, 5.41) is 4.75. The summed E-state index contributed by atoms with van der Waals surface area (Å²) in [6, 6.07) is 20.2. The van der Waals surface area contributed by atoms with Crippen LogP contribution in [0.3, 0.4) is 0 Å². The van der Waals surface area contributed by atoms with E-state index < -0.39 is 15.4 Å². The zero-order valence-corrected chi connectivity index (χ0v) is 16.7. The Bertz CT molecular complexity index is 1060. The lowest BCUT2D eigenvalue weighted by Gasteiger charge is -2.16. The fourth-order valence-corrected chi connectivity index (χ4v) is 5.25. The highest BCUT2D eigenvalue weighted by Gasteiger charge is 2.51. The van der Waals surface area contributed by atoms with Crippen LogP contribution in [0.15, 0.2) is 76.3 Å². The van der Waals surface area contributed by atoms with Crippen molar-refractivity contribution >= 4 is 33.0 Å². The smallest absolute Gasteiger partial charge is 0.271 e. The van der Waals surface area contributed by atoms with Crippen molar-refractivity contribution < 1.29 is 13.2 Å². The van der Waals surface area contributed by atoms with Crippen LogP contribution in [0.25, 0.3) is 0 Å². The number of benzene rings is 2. The van der Waals surface area contributed by atoms with E-state index in [2.05, 4.69) is 10.0 Å². The first-order valence-corrected chi connectivity index (χ1v) is 11.3. The fraction of sp³-hybridized carbons (Fsp3) is 0.190. The Balaban J connectivity index is 1.44. The molecule has 1 aromatic heterocycles. The van der Waals surface area contributed by atoms with E-state index in [4.69, 9.17) is 0 Å². The average molecular weight is 413 g/mol. The molecule has 28 heavy (non-hydrogen) atoms. The van der Waals surface area contributed by atoms with Crippen molar-refractivity contribution in [1.29, 1.82) is 0 Å². The van der Waals surface area contributed by atoms with Crippen LogP contribution in [-0.2, 0) is 26.8 Å². The lowest BCUT2D eigenvalue weighted by Crippen LogP contribution is -2.34. The molecule has 1 saturated carbocycles. The molecule has 0 unspecified atom stereocenters. The second-order valence-corrected chi connectivity index (χ2v) is 9.72. The molecule has 0 bridgehead atoms. The predicted molar refractivity (Wildman–Crippen MR) is 111 cm³/mol. The van der Waals surface area contributed by atoms with Crippen molar-refractivity contribution in [2.45, 2.75) is 29.0 Å². The summed E-state index contributed by atoms with van der Waals surface area (Å²) >= 11 is 1.17. The Hall–Kier alpha value is -2.64. The topological polar surface area (TPSA) is 75.3 Å². The van der Waals surface area contributed by atoms with Gasteiger partial charge in [-0.15, -0.1) is 11.3 Å². The number of amides is 1. The number of hydrogen-bond acceptors (Lipinski definition) is 4. The molecule has 0 spiro atoms. The Labute approximate surface area is 168 Å². The second kappa shape index (κ2) is 7.41. The maximum atomic E-state index is 12.7. The van der Waals surface area contributed by atoms with Gasteiger partial charge in [-0.1, -0.05) is 48.5 Å². The summed E-state index contributed by atoms with van der Waals surface area (Å²) in [4.78, 5) is 12.7. The van der Waals surface area contributed by atoms with Crippen LogP contribution in [0, 0.1) is 0 Å². The van der Waals surface area contributed by atoms with E-state index in [0.717, 1.165) is 24.0 Å². The van der Waals surface area contributed by atoms with Gasteiger partial charge in [-0.05, 0) is 47.5 Å². The highest BCUT2D eigenvalue weighted by molar-refractivity contribution is 7.94. The zero-order chi connectivity index (χ0) is 19.6. The van der Waals surface area contributed by atoms with Crippen molar-refractivity contribution in [2.24, 2.45) is 0 Å². The summed E-state index contributed by atoms with van der Waals surface area (Å²) in [6.45, 7) is 0.500. The molecule has 1 fully saturated rings. The van der Waals surface area contributed by atoms with Crippen LogP contribution in [-0.4, -0.2) is 14.3 Å². The number of rotatable bonds is 7. The van der Waals surface area contributed by atoms with E-state index >= 15 is 0 Å². The largest absolute Gasteiger partial charge is 0.351 e. The molecule has 1 aliphatic carbocycles. The fourth-order valence-electron chi connectivity index (χ4n) is 3.20. The third kappa shape index (κ3) is 3.81. The number of thiophene rings is 1. The van der Waals surface area contributed by atoms with Crippen LogP contribution < -0.4 is 10.0 Å². The molecular formula is C21H20N2O3S2. The molecule has 144 valence electrons.